The predicted octanol–water partition coefficient (Wildman–Crippen LogP) is 18.3. The standard InChI is InChI=1S/C66H50N2O2/c1-41-33-35-44(4)54(37-41)67(48-26-13-8-14-27-48)57-40-51-62(61-50-29-17-20-32-59(50)69-64(57)61)63-52(66(51,46-22-9-6-10-23-46)47-24-11-7-12-25-47)39-56(60-49-28-16-19-31-58(49)70-65(60)63)68(53-30-18-15-21-43(53)3)55-38-42(2)34-36-45(55)5/h6-40H,1-5H3. The highest BCUT2D eigenvalue weighted by Crippen LogP contribution is 2.64. The van der Waals surface area contributed by atoms with Crippen LogP contribution in [0.2, 0.25) is 0 Å². The van der Waals surface area contributed by atoms with Gasteiger partial charge in [-0.1, -0.05) is 158 Å². The molecule has 0 aliphatic heterocycles. The fourth-order valence-corrected chi connectivity index (χ4v) is 11.6. The number of para-hydroxylation sites is 4. The summed E-state index contributed by atoms with van der Waals surface area (Å²) >= 11 is 0. The second kappa shape index (κ2) is 16.0. The average molecular weight is 903 g/mol. The minimum absolute atomic E-state index is 0.817. The summed E-state index contributed by atoms with van der Waals surface area (Å²) in [6.07, 6.45) is 0. The van der Waals surface area contributed by atoms with Crippen molar-refractivity contribution >= 4 is 78.0 Å². The van der Waals surface area contributed by atoms with E-state index in [0.29, 0.717) is 0 Å². The van der Waals surface area contributed by atoms with Crippen LogP contribution in [0.5, 0.6) is 0 Å². The number of aryl methyl sites for hydroxylation is 5. The molecule has 0 unspecified atom stereocenters. The summed E-state index contributed by atoms with van der Waals surface area (Å²) in [5.74, 6) is 0. The Morgan fingerprint density at radius 2 is 0.814 bits per heavy atom. The van der Waals surface area contributed by atoms with Gasteiger partial charge in [0.1, 0.15) is 16.7 Å². The van der Waals surface area contributed by atoms with Crippen LogP contribution in [-0.2, 0) is 5.41 Å². The van der Waals surface area contributed by atoms with Crippen LogP contribution in [0.25, 0.3) is 55.0 Å². The summed E-state index contributed by atoms with van der Waals surface area (Å²) in [6, 6.07) is 77.4. The summed E-state index contributed by atoms with van der Waals surface area (Å²) in [5, 5.41) is 4.24. The fraction of sp³-hybridized carbons (Fsp3) is 0.0909. The molecule has 336 valence electrons. The Labute approximate surface area is 408 Å². The van der Waals surface area contributed by atoms with Crippen molar-refractivity contribution in [2.45, 2.75) is 40.0 Å². The van der Waals surface area contributed by atoms with Crippen LogP contribution < -0.4 is 9.80 Å². The molecule has 0 spiro atoms. The number of hydrogen-bond donors (Lipinski definition) is 0. The number of anilines is 6. The lowest BCUT2D eigenvalue weighted by Gasteiger charge is -2.36. The smallest absolute Gasteiger partial charge is 0.160 e. The van der Waals surface area contributed by atoms with Crippen molar-refractivity contribution in [1.29, 1.82) is 0 Å². The maximum absolute atomic E-state index is 7.48. The van der Waals surface area contributed by atoms with Gasteiger partial charge in [-0.05, 0) is 139 Å². The van der Waals surface area contributed by atoms with E-state index in [0.717, 1.165) is 117 Å². The van der Waals surface area contributed by atoms with Gasteiger partial charge in [0, 0.05) is 50.0 Å². The summed E-state index contributed by atoms with van der Waals surface area (Å²) < 4.78 is 14.8. The molecule has 13 rings (SSSR count). The van der Waals surface area contributed by atoms with Gasteiger partial charge in [0.2, 0.25) is 0 Å². The highest BCUT2D eigenvalue weighted by Gasteiger charge is 2.50. The molecule has 0 amide bonds. The van der Waals surface area contributed by atoms with Crippen LogP contribution in [0.3, 0.4) is 0 Å². The number of hydrogen-bond acceptors (Lipinski definition) is 4. The van der Waals surface area contributed by atoms with Gasteiger partial charge < -0.3 is 18.6 Å². The second-order valence-corrected chi connectivity index (χ2v) is 19.1. The molecule has 1 aliphatic rings. The molecule has 1 aliphatic carbocycles. The summed E-state index contributed by atoms with van der Waals surface area (Å²) in [6.45, 7) is 11.0. The highest BCUT2D eigenvalue weighted by molar-refractivity contribution is 6.26. The molecule has 0 fully saturated rings. The van der Waals surface area contributed by atoms with E-state index in [9.17, 15) is 0 Å². The van der Waals surface area contributed by atoms with Gasteiger partial charge in [-0.15, -0.1) is 0 Å². The van der Waals surface area contributed by atoms with Gasteiger partial charge >= 0.3 is 0 Å². The Bertz CT molecular complexity index is 3970. The molecule has 0 radical (unpaired) electrons. The van der Waals surface area contributed by atoms with Gasteiger partial charge in [0.25, 0.3) is 0 Å². The van der Waals surface area contributed by atoms with E-state index < -0.39 is 5.41 Å². The molecular formula is C66H50N2O2. The van der Waals surface area contributed by atoms with Gasteiger partial charge in [-0.2, -0.15) is 0 Å². The normalized spacial score (nSPS) is 12.8. The van der Waals surface area contributed by atoms with Crippen molar-refractivity contribution in [3.63, 3.8) is 0 Å². The molecule has 0 saturated carbocycles. The van der Waals surface area contributed by atoms with E-state index in [4.69, 9.17) is 8.83 Å². The predicted molar refractivity (Wildman–Crippen MR) is 291 cm³/mol. The quantitative estimate of drug-likeness (QED) is 0.152. The third-order valence-electron chi connectivity index (χ3n) is 14.8. The SMILES string of the molecule is Cc1ccc(C)c(N(c2ccccc2)c2cc3c(c4c2oc2ccccc24)-c2c(cc(N(c4ccccc4C)c4cc(C)ccc4C)c4c2oc2ccccc24)C3(c2ccccc2)c2ccccc2)c1. The number of nitrogens with zero attached hydrogens (tertiary/aromatic N) is 2. The molecule has 70 heavy (non-hydrogen) atoms. The monoisotopic (exact) mass is 902 g/mol. The van der Waals surface area contributed by atoms with Crippen LogP contribution in [-0.4, -0.2) is 0 Å². The first-order valence-corrected chi connectivity index (χ1v) is 24.3. The van der Waals surface area contributed by atoms with Crippen LogP contribution >= 0.6 is 0 Å². The zero-order chi connectivity index (χ0) is 47.3. The summed E-state index contributed by atoms with van der Waals surface area (Å²) in [7, 11) is 0. The first kappa shape index (κ1) is 41.6. The lowest BCUT2D eigenvalue weighted by atomic mass is 9.67. The summed E-state index contributed by atoms with van der Waals surface area (Å²) in [5.41, 5.74) is 21.6. The number of fused-ring (bicyclic) bond motifs is 11. The largest absolute Gasteiger partial charge is 0.455 e. The Morgan fingerprint density at radius 3 is 1.43 bits per heavy atom. The Morgan fingerprint density at radius 1 is 0.343 bits per heavy atom. The first-order valence-electron chi connectivity index (χ1n) is 24.3. The topological polar surface area (TPSA) is 32.8 Å². The van der Waals surface area contributed by atoms with E-state index in [1.807, 2.05) is 0 Å². The minimum atomic E-state index is -0.848. The highest BCUT2D eigenvalue weighted by atomic mass is 16.3. The van der Waals surface area contributed by atoms with Crippen LogP contribution in [0.15, 0.2) is 221 Å². The van der Waals surface area contributed by atoms with E-state index >= 15 is 0 Å². The Kier molecular flexibility index (Phi) is 9.50. The number of furan rings is 2. The zero-order valence-electron chi connectivity index (χ0n) is 39.9. The van der Waals surface area contributed by atoms with Crippen molar-refractivity contribution in [2.75, 3.05) is 9.80 Å². The second-order valence-electron chi connectivity index (χ2n) is 19.1. The fourth-order valence-electron chi connectivity index (χ4n) is 11.6. The lowest BCUT2D eigenvalue weighted by Crippen LogP contribution is -2.29. The van der Waals surface area contributed by atoms with Crippen molar-refractivity contribution < 1.29 is 8.83 Å². The Balaban J connectivity index is 1.29. The van der Waals surface area contributed by atoms with Crippen molar-refractivity contribution in [3.8, 4) is 11.1 Å². The molecule has 4 nitrogen and oxygen atoms in total. The maximum Gasteiger partial charge on any atom is 0.160 e. The first-order chi connectivity index (χ1) is 34.3. The molecule has 0 bridgehead atoms. The number of rotatable bonds is 8. The molecule has 0 saturated heterocycles. The van der Waals surface area contributed by atoms with Crippen molar-refractivity contribution in [2.24, 2.45) is 0 Å². The van der Waals surface area contributed by atoms with Crippen molar-refractivity contribution in [3.05, 3.63) is 262 Å². The molecule has 0 N–H and O–H groups in total. The Hall–Kier alpha value is -8.60. The van der Waals surface area contributed by atoms with E-state index in [2.05, 4.69) is 257 Å². The molecular weight excluding hydrogens is 853 g/mol. The molecule has 2 aromatic heterocycles. The third-order valence-corrected chi connectivity index (χ3v) is 14.8. The van der Waals surface area contributed by atoms with Gasteiger partial charge in [-0.25, -0.2) is 0 Å². The van der Waals surface area contributed by atoms with Gasteiger partial charge in [0.05, 0.1) is 22.2 Å². The van der Waals surface area contributed by atoms with Gasteiger partial charge in [-0.3, -0.25) is 0 Å². The lowest BCUT2D eigenvalue weighted by molar-refractivity contribution is 0.668. The molecule has 4 heteroatoms. The van der Waals surface area contributed by atoms with E-state index in [-0.39, 0.29) is 0 Å². The molecule has 12 aromatic rings. The average Bonchev–Trinajstić information content (AvgIpc) is 4.07. The zero-order valence-corrected chi connectivity index (χ0v) is 39.9. The van der Waals surface area contributed by atoms with E-state index in [1.165, 1.54) is 22.3 Å². The summed E-state index contributed by atoms with van der Waals surface area (Å²) in [4.78, 5) is 4.91. The van der Waals surface area contributed by atoms with E-state index in [1.54, 1.807) is 0 Å². The van der Waals surface area contributed by atoms with Crippen LogP contribution in [0.4, 0.5) is 34.1 Å². The minimum Gasteiger partial charge on any atom is -0.455 e. The van der Waals surface area contributed by atoms with Crippen LogP contribution in [0, 0.1) is 34.6 Å². The van der Waals surface area contributed by atoms with Gasteiger partial charge in [0.15, 0.2) is 5.58 Å². The molecule has 2 heterocycles. The van der Waals surface area contributed by atoms with Crippen molar-refractivity contribution in [1.82, 2.24) is 0 Å². The molecule has 0 atom stereocenters. The maximum atomic E-state index is 7.48. The third kappa shape index (κ3) is 6.09. The molecule has 10 aromatic carbocycles. The van der Waals surface area contributed by atoms with Crippen LogP contribution in [0.1, 0.15) is 50.1 Å². The number of benzene rings is 10.